The minimum absolute atomic E-state index is 0.869. The Morgan fingerprint density at radius 2 is 2.31 bits per heavy atom. The van der Waals surface area contributed by atoms with Gasteiger partial charge in [-0.2, -0.15) is 0 Å². The smallest absolute Gasteiger partial charge is 0.0360 e. The predicted molar refractivity (Wildman–Crippen MR) is 57.1 cm³/mol. The zero-order valence-electron chi connectivity index (χ0n) is 8.25. The zero-order valence-corrected chi connectivity index (χ0v) is 8.25. The standard InChI is InChI=1S/C12H15N/c1-4-11-7-6-8-12(10-9-11)13(3)5-2/h1,6,8-10H,5,7H2,2-3H3. The lowest BCUT2D eigenvalue weighted by molar-refractivity contribution is 0.456. The van der Waals surface area contributed by atoms with E-state index in [-0.39, 0.29) is 0 Å². The third-order valence-electron chi connectivity index (χ3n) is 2.18. The highest BCUT2D eigenvalue weighted by Gasteiger charge is 2.00. The maximum atomic E-state index is 5.33. The van der Waals surface area contributed by atoms with E-state index < -0.39 is 0 Å². The van der Waals surface area contributed by atoms with Crippen molar-refractivity contribution in [3.05, 3.63) is 35.6 Å². The van der Waals surface area contributed by atoms with Crippen LogP contribution in [-0.4, -0.2) is 18.5 Å². The maximum absolute atomic E-state index is 5.33. The average molecular weight is 173 g/mol. The minimum atomic E-state index is 0.869. The molecule has 1 aliphatic carbocycles. The van der Waals surface area contributed by atoms with Crippen LogP contribution >= 0.6 is 0 Å². The first kappa shape index (κ1) is 9.67. The third-order valence-corrected chi connectivity index (χ3v) is 2.18. The highest BCUT2D eigenvalue weighted by Crippen LogP contribution is 2.12. The van der Waals surface area contributed by atoms with Crippen molar-refractivity contribution in [2.24, 2.45) is 0 Å². The molecule has 0 bridgehead atoms. The lowest BCUT2D eigenvalue weighted by atomic mass is 10.2. The van der Waals surface area contributed by atoms with Gasteiger partial charge in [-0.25, -0.2) is 0 Å². The molecule has 0 aromatic heterocycles. The summed E-state index contributed by atoms with van der Waals surface area (Å²) in [7, 11) is 2.07. The Hall–Kier alpha value is -1.42. The summed E-state index contributed by atoms with van der Waals surface area (Å²) in [4.78, 5) is 2.19. The molecular formula is C12H15N. The molecule has 1 nitrogen and oxygen atoms in total. The van der Waals surface area contributed by atoms with Crippen molar-refractivity contribution in [3.8, 4) is 12.3 Å². The van der Waals surface area contributed by atoms with Crippen molar-refractivity contribution in [2.45, 2.75) is 13.3 Å². The van der Waals surface area contributed by atoms with E-state index in [1.54, 1.807) is 0 Å². The van der Waals surface area contributed by atoms with Crippen LogP contribution in [0, 0.1) is 12.3 Å². The van der Waals surface area contributed by atoms with E-state index in [0.717, 1.165) is 18.5 Å². The second-order valence-corrected chi connectivity index (χ2v) is 3.05. The summed E-state index contributed by atoms with van der Waals surface area (Å²) >= 11 is 0. The second-order valence-electron chi connectivity index (χ2n) is 3.05. The van der Waals surface area contributed by atoms with Crippen molar-refractivity contribution in [2.75, 3.05) is 13.6 Å². The molecule has 0 aromatic rings. The number of hydrogen-bond acceptors (Lipinski definition) is 1. The first-order valence-corrected chi connectivity index (χ1v) is 4.53. The molecule has 0 unspecified atom stereocenters. The number of allylic oxidation sites excluding steroid dienone is 5. The van der Waals surface area contributed by atoms with Gasteiger partial charge in [0.2, 0.25) is 0 Å². The van der Waals surface area contributed by atoms with Crippen LogP contribution in [0.3, 0.4) is 0 Å². The van der Waals surface area contributed by atoms with E-state index in [1.165, 1.54) is 5.70 Å². The summed E-state index contributed by atoms with van der Waals surface area (Å²) in [5.74, 6) is 2.67. The van der Waals surface area contributed by atoms with Gasteiger partial charge in [-0.05, 0) is 31.6 Å². The number of nitrogens with zero attached hydrogens (tertiary/aromatic N) is 1. The number of terminal acetylenes is 1. The Morgan fingerprint density at radius 1 is 1.54 bits per heavy atom. The first-order valence-electron chi connectivity index (χ1n) is 4.53. The topological polar surface area (TPSA) is 3.24 Å². The van der Waals surface area contributed by atoms with Gasteiger partial charge >= 0.3 is 0 Å². The van der Waals surface area contributed by atoms with Crippen molar-refractivity contribution in [1.29, 1.82) is 0 Å². The summed E-state index contributed by atoms with van der Waals surface area (Å²) in [5.41, 5.74) is 2.25. The molecule has 0 fully saturated rings. The molecular weight excluding hydrogens is 158 g/mol. The minimum Gasteiger partial charge on any atom is -0.375 e. The monoisotopic (exact) mass is 173 g/mol. The third kappa shape index (κ3) is 2.52. The molecule has 0 saturated heterocycles. The summed E-state index contributed by atoms with van der Waals surface area (Å²) in [6.45, 7) is 3.14. The van der Waals surface area contributed by atoms with Crippen LogP contribution in [0.2, 0.25) is 0 Å². The lowest BCUT2D eigenvalue weighted by Crippen LogP contribution is -2.15. The Labute approximate surface area is 80.4 Å². The highest BCUT2D eigenvalue weighted by molar-refractivity contribution is 5.37. The van der Waals surface area contributed by atoms with Gasteiger partial charge in [-0.15, -0.1) is 6.42 Å². The quantitative estimate of drug-likeness (QED) is 0.579. The van der Waals surface area contributed by atoms with E-state index in [9.17, 15) is 0 Å². The van der Waals surface area contributed by atoms with Crippen LogP contribution < -0.4 is 0 Å². The molecule has 68 valence electrons. The van der Waals surface area contributed by atoms with Gasteiger partial charge in [0.25, 0.3) is 0 Å². The summed E-state index contributed by atoms with van der Waals surface area (Å²) in [6, 6.07) is 0. The molecule has 1 aliphatic rings. The summed E-state index contributed by atoms with van der Waals surface area (Å²) in [6.07, 6.45) is 14.5. The van der Waals surface area contributed by atoms with E-state index in [4.69, 9.17) is 6.42 Å². The molecule has 13 heavy (non-hydrogen) atoms. The maximum Gasteiger partial charge on any atom is 0.0360 e. The van der Waals surface area contributed by atoms with Crippen LogP contribution in [0.1, 0.15) is 13.3 Å². The average Bonchev–Trinajstić information content (AvgIpc) is 2.41. The summed E-state index contributed by atoms with van der Waals surface area (Å²) in [5, 5.41) is 0. The van der Waals surface area contributed by atoms with E-state index in [2.05, 4.69) is 43.0 Å². The zero-order chi connectivity index (χ0) is 9.68. The van der Waals surface area contributed by atoms with Crippen molar-refractivity contribution < 1.29 is 0 Å². The first-order chi connectivity index (χ1) is 6.27. The molecule has 0 atom stereocenters. The Bertz CT molecular complexity index is 300. The van der Waals surface area contributed by atoms with Crippen molar-refractivity contribution in [1.82, 2.24) is 4.90 Å². The fourth-order valence-corrected chi connectivity index (χ4v) is 1.16. The SMILES string of the molecule is C#CC1=CC=C(N(C)CC)C=CC1. The van der Waals surface area contributed by atoms with Gasteiger partial charge in [-0.3, -0.25) is 0 Å². The van der Waals surface area contributed by atoms with Gasteiger partial charge in [0.1, 0.15) is 0 Å². The van der Waals surface area contributed by atoms with Crippen LogP contribution in [0.5, 0.6) is 0 Å². The van der Waals surface area contributed by atoms with Gasteiger partial charge in [0.15, 0.2) is 0 Å². The molecule has 0 amide bonds. The predicted octanol–water partition coefficient (Wildman–Crippen LogP) is 2.34. The number of hydrogen-bond donors (Lipinski definition) is 0. The Morgan fingerprint density at radius 3 is 2.92 bits per heavy atom. The molecule has 1 rings (SSSR count). The van der Waals surface area contributed by atoms with Crippen LogP contribution in [0.25, 0.3) is 0 Å². The largest absolute Gasteiger partial charge is 0.375 e. The van der Waals surface area contributed by atoms with Crippen molar-refractivity contribution in [3.63, 3.8) is 0 Å². The molecule has 0 aromatic carbocycles. The number of likely N-dealkylation sites (N-methyl/N-ethyl adjacent to an activating group) is 1. The molecule has 0 N–H and O–H groups in total. The van der Waals surface area contributed by atoms with Gasteiger partial charge in [-0.1, -0.05) is 12.0 Å². The molecule has 0 saturated carbocycles. The van der Waals surface area contributed by atoms with Gasteiger partial charge in [0, 0.05) is 24.9 Å². The fourth-order valence-electron chi connectivity index (χ4n) is 1.16. The normalized spacial score (nSPS) is 15.5. The molecule has 0 aliphatic heterocycles. The second kappa shape index (κ2) is 4.57. The highest BCUT2D eigenvalue weighted by atomic mass is 15.1. The van der Waals surface area contributed by atoms with E-state index in [0.29, 0.717) is 0 Å². The van der Waals surface area contributed by atoms with Crippen LogP contribution in [0.4, 0.5) is 0 Å². The van der Waals surface area contributed by atoms with Crippen LogP contribution in [0.15, 0.2) is 35.6 Å². The molecule has 0 radical (unpaired) electrons. The van der Waals surface area contributed by atoms with E-state index in [1.807, 2.05) is 6.08 Å². The van der Waals surface area contributed by atoms with E-state index >= 15 is 0 Å². The molecule has 0 heterocycles. The Balaban J connectivity index is 2.83. The van der Waals surface area contributed by atoms with Crippen molar-refractivity contribution >= 4 is 0 Å². The Kier molecular flexibility index (Phi) is 3.40. The molecule has 0 spiro atoms. The van der Waals surface area contributed by atoms with Gasteiger partial charge in [0.05, 0.1) is 0 Å². The summed E-state index contributed by atoms with van der Waals surface area (Å²) < 4.78 is 0. The van der Waals surface area contributed by atoms with Crippen LogP contribution in [-0.2, 0) is 0 Å². The lowest BCUT2D eigenvalue weighted by Gasteiger charge is -2.16. The fraction of sp³-hybridized carbons (Fsp3) is 0.333. The van der Waals surface area contributed by atoms with Gasteiger partial charge < -0.3 is 4.90 Å². The number of rotatable bonds is 2. The molecule has 1 heteroatoms.